The van der Waals surface area contributed by atoms with Crippen LogP contribution in [0.25, 0.3) is 11.3 Å². The third-order valence-electron chi connectivity index (χ3n) is 6.41. The summed E-state index contributed by atoms with van der Waals surface area (Å²) < 4.78 is 67.9. The number of rotatable bonds is 11. The van der Waals surface area contributed by atoms with Gasteiger partial charge in [0.15, 0.2) is 11.5 Å². The Balaban J connectivity index is 1.65. The van der Waals surface area contributed by atoms with Gasteiger partial charge in [0.2, 0.25) is 5.60 Å². The highest BCUT2D eigenvalue weighted by molar-refractivity contribution is 6.31. The lowest BCUT2D eigenvalue weighted by Gasteiger charge is -2.31. The van der Waals surface area contributed by atoms with Crippen LogP contribution in [-0.4, -0.2) is 48.5 Å². The zero-order valence-corrected chi connectivity index (χ0v) is 22.3. The van der Waals surface area contributed by atoms with Gasteiger partial charge in [-0.05, 0) is 86.3 Å². The molecule has 1 aliphatic rings. The first-order valence-corrected chi connectivity index (χ1v) is 12.9. The van der Waals surface area contributed by atoms with E-state index in [1.807, 2.05) is 0 Å². The molecule has 1 heterocycles. The number of aromatic nitrogens is 1. The van der Waals surface area contributed by atoms with Crippen molar-refractivity contribution in [2.24, 2.45) is 5.73 Å². The zero-order chi connectivity index (χ0) is 29.1. The van der Waals surface area contributed by atoms with Crippen molar-refractivity contribution in [1.29, 1.82) is 0 Å². The molecule has 4 rings (SSSR count). The van der Waals surface area contributed by atoms with Gasteiger partial charge in [-0.2, -0.15) is 13.2 Å². The molecule has 1 amide bonds. The van der Waals surface area contributed by atoms with Crippen molar-refractivity contribution in [2.75, 3.05) is 20.2 Å². The van der Waals surface area contributed by atoms with E-state index in [0.29, 0.717) is 24.2 Å². The molecule has 1 aromatic heterocycles. The second-order valence-corrected chi connectivity index (χ2v) is 9.90. The Hall–Kier alpha value is -3.41. The maximum Gasteiger partial charge on any atom is 0.424 e. The van der Waals surface area contributed by atoms with Crippen molar-refractivity contribution < 1.29 is 36.9 Å². The predicted molar refractivity (Wildman–Crippen MR) is 141 cm³/mol. The number of ether oxygens (including phenoxy) is 2. The number of nitrogens with one attached hydrogen (secondary N) is 1. The van der Waals surface area contributed by atoms with E-state index in [1.54, 1.807) is 0 Å². The Morgan fingerprint density at radius 1 is 1.15 bits per heavy atom. The second-order valence-electron chi connectivity index (χ2n) is 9.49. The number of carbonyl (C=O) groups excluding carboxylic acids is 1. The summed E-state index contributed by atoms with van der Waals surface area (Å²) in [6.07, 6.45) is -2.60. The molecule has 4 N–H and O–H groups in total. The lowest BCUT2D eigenvalue weighted by molar-refractivity contribution is -0.265. The fourth-order valence-corrected chi connectivity index (χ4v) is 4.15. The Labute approximate surface area is 233 Å². The van der Waals surface area contributed by atoms with E-state index in [4.69, 9.17) is 26.8 Å². The number of pyridine rings is 1. The number of hydrogen-bond acceptors (Lipinski definition) is 6. The minimum Gasteiger partial charge on any atom is -0.493 e. The Bertz CT molecular complexity index is 1380. The van der Waals surface area contributed by atoms with Gasteiger partial charge < -0.3 is 25.6 Å². The summed E-state index contributed by atoms with van der Waals surface area (Å²) in [5.41, 5.74) is 1.99. The number of nitrogens with two attached hydrogens (primary N) is 1. The van der Waals surface area contributed by atoms with Crippen LogP contribution < -0.4 is 20.5 Å². The van der Waals surface area contributed by atoms with Gasteiger partial charge in [0.25, 0.3) is 5.91 Å². The van der Waals surface area contributed by atoms with Gasteiger partial charge in [-0.15, -0.1) is 0 Å². The molecule has 0 aliphatic heterocycles. The number of halogens is 5. The summed E-state index contributed by atoms with van der Waals surface area (Å²) in [5, 5.41) is 13.0. The number of aryl methyl sites for hydroxylation is 1. The van der Waals surface area contributed by atoms with Crippen molar-refractivity contribution in [1.82, 2.24) is 10.3 Å². The second kappa shape index (κ2) is 12.0. The zero-order valence-electron chi connectivity index (χ0n) is 21.5. The van der Waals surface area contributed by atoms with Crippen LogP contribution in [0.1, 0.15) is 40.9 Å². The molecule has 1 saturated carbocycles. The van der Waals surface area contributed by atoms with Crippen molar-refractivity contribution >= 4 is 17.5 Å². The first kappa shape index (κ1) is 29.6. The standard InChI is InChI=1S/C28H28ClF4N3O4/c1-39-24-14-18(5-9-23(24)40-19-6-7-19)26(37)35-15-27(38,28(31,32)33)25-12-16(3-2-10-34)11-22(36-25)17-4-8-21(30)20(29)13-17/h4-5,8-9,11-14,19,38H,2-3,6-7,10,15,34H2,1H3,(H,35,37). The van der Waals surface area contributed by atoms with E-state index in [1.165, 1.54) is 43.5 Å². The minimum absolute atomic E-state index is 0.0100. The molecule has 7 nitrogen and oxygen atoms in total. The number of nitrogens with zero attached hydrogens (tertiary/aromatic N) is 1. The molecule has 2 aromatic carbocycles. The number of hydrogen-bond donors (Lipinski definition) is 3. The highest BCUT2D eigenvalue weighted by Gasteiger charge is 2.56. The average Bonchev–Trinajstić information content (AvgIpc) is 3.75. The molecule has 12 heteroatoms. The molecular formula is C28H28ClF4N3O4. The number of benzene rings is 2. The van der Waals surface area contributed by atoms with Crippen LogP contribution in [0.5, 0.6) is 11.5 Å². The van der Waals surface area contributed by atoms with E-state index in [0.717, 1.165) is 25.0 Å². The maximum absolute atomic E-state index is 14.4. The normalized spacial score (nSPS) is 14.9. The average molecular weight is 582 g/mol. The maximum atomic E-state index is 14.4. The highest BCUT2D eigenvalue weighted by atomic mass is 35.5. The third kappa shape index (κ3) is 6.65. The first-order chi connectivity index (χ1) is 18.9. The number of carbonyl (C=O) groups is 1. The minimum atomic E-state index is -5.23. The van der Waals surface area contributed by atoms with Crippen LogP contribution in [-0.2, 0) is 12.0 Å². The van der Waals surface area contributed by atoms with Gasteiger partial charge >= 0.3 is 6.18 Å². The van der Waals surface area contributed by atoms with Gasteiger partial charge in [0.05, 0.1) is 36.2 Å². The van der Waals surface area contributed by atoms with E-state index < -0.39 is 35.7 Å². The van der Waals surface area contributed by atoms with Crippen molar-refractivity contribution in [3.05, 3.63) is 76.2 Å². The topological polar surface area (TPSA) is 107 Å². The van der Waals surface area contributed by atoms with Crippen LogP contribution in [0.3, 0.4) is 0 Å². The molecule has 40 heavy (non-hydrogen) atoms. The summed E-state index contributed by atoms with van der Waals surface area (Å²) in [4.78, 5) is 16.9. The predicted octanol–water partition coefficient (Wildman–Crippen LogP) is 5.16. The van der Waals surface area contributed by atoms with E-state index >= 15 is 0 Å². The molecule has 0 saturated heterocycles. The van der Waals surface area contributed by atoms with Crippen LogP contribution in [0.4, 0.5) is 17.6 Å². The van der Waals surface area contributed by atoms with Gasteiger partial charge in [-0.25, -0.2) is 9.37 Å². The third-order valence-corrected chi connectivity index (χ3v) is 6.70. The van der Waals surface area contributed by atoms with Crippen molar-refractivity contribution in [3.8, 4) is 22.8 Å². The Kier molecular flexibility index (Phi) is 8.86. The van der Waals surface area contributed by atoms with E-state index in [-0.39, 0.29) is 40.2 Å². The molecule has 1 atom stereocenters. The summed E-state index contributed by atoms with van der Waals surface area (Å²) in [6.45, 7) is -0.947. The first-order valence-electron chi connectivity index (χ1n) is 12.5. The Morgan fingerprint density at radius 3 is 2.52 bits per heavy atom. The molecule has 0 radical (unpaired) electrons. The van der Waals surface area contributed by atoms with Gasteiger partial charge in [-0.3, -0.25) is 4.79 Å². The SMILES string of the molecule is COc1cc(C(=O)NCC(O)(c2cc(CCCN)cc(-c3ccc(F)c(Cl)c3)n2)C(F)(F)F)ccc1OC1CC1. The fraction of sp³-hybridized carbons (Fsp3) is 0.357. The van der Waals surface area contributed by atoms with Gasteiger partial charge in [0.1, 0.15) is 5.82 Å². The van der Waals surface area contributed by atoms with Gasteiger partial charge in [-0.1, -0.05) is 11.6 Å². The van der Waals surface area contributed by atoms with Crippen LogP contribution in [0.15, 0.2) is 48.5 Å². The number of aliphatic hydroxyl groups is 1. The summed E-state index contributed by atoms with van der Waals surface area (Å²) >= 11 is 5.88. The molecule has 0 bridgehead atoms. The summed E-state index contributed by atoms with van der Waals surface area (Å²) in [7, 11) is 1.38. The molecule has 1 aliphatic carbocycles. The van der Waals surface area contributed by atoms with Gasteiger partial charge in [0, 0.05) is 11.1 Å². The molecule has 1 unspecified atom stereocenters. The monoisotopic (exact) mass is 581 g/mol. The van der Waals surface area contributed by atoms with Crippen LogP contribution in [0, 0.1) is 5.82 Å². The summed E-state index contributed by atoms with van der Waals surface area (Å²) in [6, 6.07) is 10.5. The van der Waals surface area contributed by atoms with Crippen molar-refractivity contribution in [3.63, 3.8) is 0 Å². The van der Waals surface area contributed by atoms with E-state index in [2.05, 4.69) is 10.3 Å². The highest BCUT2D eigenvalue weighted by Crippen LogP contribution is 2.40. The quantitative estimate of drug-likeness (QED) is 0.270. The number of amides is 1. The lowest BCUT2D eigenvalue weighted by Crippen LogP contribution is -2.51. The molecule has 0 spiro atoms. The van der Waals surface area contributed by atoms with Crippen molar-refractivity contribution in [2.45, 2.75) is 43.6 Å². The number of alkyl halides is 3. The smallest absolute Gasteiger partial charge is 0.424 e. The lowest BCUT2D eigenvalue weighted by atomic mass is 9.94. The Morgan fingerprint density at radius 2 is 1.90 bits per heavy atom. The largest absolute Gasteiger partial charge is 0.493 e. The van der Waals surface area contributed by atoms with Crippen LogP contribution >= 0.6 is 11.6 Å². The molecule has 1 fully saturated rings. The summed E-state index contributed by atoms with van der Waals surface area (Å²) in [5.74, 6) is -0.908. The molecular weight excluding hydrogens is 554 g/mol. The number of methoxy groups -OCH3 is 1. The molecule has 214 valence electrons. The van der Waals surface area contributed by atoms with E-state index in [9.17, 15) is 27.5 Å². The molecule has 3 aromatic rings. The fourth-order valence-electron chi connectivity index (χ4n) is 3.97. The van der Waals surface area contributed by atoms with Crippen LogP contribution in [0.2, 0.25) is 5.02 Å².